The van der Waals surface area contributed by atoms with Gasteiger partial charge in [-0.2, -0.15) is 0 Å². The van der Waals surface area contributed by atoms with Gasteiger partial charge in [-0.3, -0.25) is 4.21 Å². The summed E-state index contributed by atoms with van der Waals surface area (Å²) in [7, 11) is -0.882. The Hall–Kier alpha value is -0.670. The molecule has 0 aliphatic rings. The van der Waals surface area contributed by atoms with Gasteiger partial charge in [-0.1, -0.05) is 25.5 Å². The molecule has 1 aromatic carbocycles. The van der Waals surface area contributed by atoms with E-state index < -0.39 is 10.8 Å². The largest absolute Gasteiger partial charge is 0.308 e. The third-order valence-corrected chi connectivity index (χ3v) is 3.84. The van der Waals surface area contributed by atoms with E-state index in [-0.39, 0.29) is 5.54 Å². The fraction of sp³-hybridized carbons (Fsp3) is 0.571. The predicted molar refractivity (Wildman–Crippen MR) is 74.6 cm³/mol. The molecule has 0 bridgehead atoms. The van der Waals surface area contributed by atoms with Gasteiger partial charge in [0, 0.05) is 34.0 Å². The summed E-state index contributed by atoms with van der Waals surface area (Å²) < 4.78 is 11.3. The van der Waals surface area contributed by atoms with E-state index in [1.807, 2.05) is 24.3 Å². The maximum absolute atomic E-state index is 11.3. The molecule has 0 aromatic heterocycles. The van der Waals surface area contributed by atoms with Crippen LogP contribution in [-0.2, 0) is 17.3 Å². The van der Waals surface area contributed by atoms with Gasteiger partial charge in [0.15, 0.2) is 0 Å². The van der Waals surface area contributed by atoms with Gasteiger partial charge in [0.05, 0.1) is 0 Å². The normalized spacial score (nSPS) is 13.6. The minimum atomic E-state index is -0.882. The first-order chi connectivity index (χ1) is 7.94. The van der Waals surface area contributed by atoms with E-state index in [0.29, 0.717) is 0 Å². The molecule has 96 valence electrons. The molecule has 0 saturated carbocycles. The van der Waals surface area contributed by atoms with Crippen LogP contribution in [0, 0.1) is 0 Å². The van der Waals surface area contributed by atoms with Crippen LogP contribution < -0.4 is 5.32 Å². The third kappa shape index (κ3) is 5.00. The Morgan fingerprint density at radius 1 is 1.24 bits per heavy atom. The van der Waals surface area contributed by atoms with Gasteiger partial charge in [-0.05, 0) is 38.0 Å². The molecule has 0 fully saturated rings. The van der Waals surface area contributed by atoms with Gasteiger partial charge in [-0.15, -0.1) is 0 Å². The molecular formula is C14H23NOS. The molecule has 0 aliphatic carbocycles. The summed E-state index contributed by atoms with van der Waals surface area (Å²) in [5.41, 5.74) is 1.42. The topological polar surface area (TPSA) is 29.1 Å². The van der Waals surface area contributed by atoms with Gasteiger partial charge >= 0.3 is 0 Å². The maximum Gasteiger partial charge on any atom is 0.0498 e. The van der Waals surface area contributed by atoms with Crippen molar-refractivity contribution < 1.29 is 4.21 Å². The highest BCUT2D eigenvalue weighted by Gasteiger charge is 2.14. The van der Waals surface area contributed by atoms with Crippen molar-refractivity contribution in [1.29, 1.82) is 0 Å². The fourth-order valence-corrected chi connectivity index (χ4v) is 2.37. The first-order valence-electron chi connectivity index (χ1n) is 6.12. The molecule has 0 aliphatic heterocycles. The van der Waals surface area contributed by atoms with Crippen LogP contribution in [0.25, 0.3) is 0 Å². The minimum Gasteiger partial charge on any atom is -0.308 e. The quantitative estimate of drug-likeness (QED) is 0.844. The highest BCUT2D eigenvalue weighted by Crippen LogP contribution is 2.13. The van der Waals surface area contributed by atoms with Crippen LogP contribution in [0.3, 0.4) is 0 Å². The summed E-state index contributed by atoms with van der Waals surface area (Å²) in [6.07, 6.45) is 4.06. The van der Waals surface area contributed by atoms with Gasteiger partial charge in [-0.25, -0.2) is 0 Å². The Bertz CT molecular complexity index is 370. The zero-order valence-electron chi connectivity index (χ0n) is 11.2. The second kappa shape index (κ2) is 6.31. The van der Waals surface area contributed by atoms with E-state index in [2.05, 4.69) is 26.1 Å². The standard InChI is InChI=1S/C14H23NOS/c1-5-10-14(2,3)15-11-12-6-8-13(9-7-12)17(4)16/h6-9,15H,5,10-11H2,1-4H3/t17-/m0/s1. The molecule has 0 saturated heterocycles. The molecule has 1 aromatic rings. The molecule has 1 N–H and O–H groups in total. The van der Waals surface area contributed by atoms with Crippen molar-refractivity contribution in [3.05, 3.63) is 29.8 Å². The van der Waals surface area contributed by atoms with E-state index >= 15 is 0 Å². The molecule has 1 rings (SSSR count). The molecule has 0 amide bonds. The Labute approximate surface area is 107 Å². The van der Waals surface area contributed by atoms with E-state index in [0.717, 1.165) is 11.4 Å². The summed E-state index contributed by atoms with van der Waals surface area (Å²) >= 11 is 0. The van der Waals surface area contributed by atoms with E-state index in [1.165, 1.54) is 18.4 Å². The predicted octanol–water partition coefficient (Wildman–Crippen LogP) is 3.09. The van der Waals surface area contributed by atoms with Crippen molar-refractivity contribution in [2.75, 3.05) is 6.26 Å². The van der Waals surface area contributed by atoms with Crippen LogP contribution in [0.2, 0.25) is 0 Å². The maximum atomic E-state index is 11.3. The lowest BCUT2D eigenvalue weighted by atomic mass is 9.98. The SMILES string of the molecule is CCCC(C)(C)NCc1ccc([S@](C)=O)cc1. The average molecular weight is 253 g/mol. The molecule has 0 spiro atoms. The minimum absolute atomic E-state index is 0.182. The van der Waals surface area contributed by atoms with E-state index in [4.69, 9.17) is 0 Å². The molecule has 17 heavy (non-hydrogen) atoms. The van der Waals surface area contributed by atoms with Gasteiger partial charge in [0.1, 0.15) is 0 Å². The first kappa shape index (κ1) is 14.4. The van der Waals surface area contributed by atoms with Crippen molar-refractivity contribution in [3.8, 4) is 0 Å². The van der Waals surface area contributed by atoms with Crippen molar-refractivity contribution in [1.82, 2.24) is 5.32 Å². The Morgan fingerprint density at radius 3 is 2.29 bits per heavy atom. The summed E-state index contributed by atoms with van der Waals surface area (Å²) in [5.74, 6) is 0. The molecule has 3 heteroatoms. The number of benzene rings is 1. The van der Waals surface area contributed by atoms with Crippen molar-refractivity contribution in [3.63, 3.8) is 0 Å². The Morgan fingerprint density at radius 2 is 1.82 bits per heavy atom. The highest BCUT2D eigenvalue weighted by molar-refractivity contribution is 7.84. The molecule has 0 unspecified atom stereocenters. The lowest BCUT2D eigenvalue weighted by Crippen LogP contribution is -2.38. The average Bonchev–Trinajstić information content (AvgIpc) is 2.27. The Balaban J connectivity index is 2.55. The molecule has 2 nitrogen and oxygen atoms in total. The van der Waals surface area contributed by atoms with Crippen molar-refractivity contribution in [2.24, 2.45) is 0 Å². The van der Waals surface area contributed by atoms with Gasteiger partial charge in [0.2, 0.25) is 0 Å². The van der Waals surface area contributed by atoms with Crippen LogP contribution in [0.1, 0.15) is 39.2 Å². The van der Waals surface area contributed by atoms with E-state index in [1.54, 1.807) is 6.26 Å². The zero-order valence-corrected chi connectivity index (χ0v) is 12.1. The van der Waals surface area contributed by atoms with Gasteiger partial charge in [0.25, 0.3) is 0 Å². The molecule has 0 heterocycles. The third-order valence-electron chi connectivity index (χ3n) is 2.90. The lowest BCUT2D eigenvalue weighted by molar-refractivity contribution is 0.357. The van der Waals surface area contributed by atoms with Crippen molar-refractivity contribution >= 4 is 10.8 Å². The number of nitrogens with one attached hydrogen (secondary N) is 1. The number of hydrogen-bond acceptors (Lipinski definition) is 2. The molecule has 0 radical (unpaired) electrons. The highest BCUT2D eigenvalue weighted by atomic mass is 32.2. The van der Waals surface area contributed by atoms with Crippen molar-refractivity contribution in [2.45, 2.75) is 50.6 Å². The first-order valence-corrected chi connectivity index (χ1v) is 7.68. The zero-order chi connectivity index (χ0) is 12.9. The summed E-state index contributed by atoms with van der Waals surface area (Å²) in [5, 5.41) is 3.55. The van der Waals surface area contributed by atoms with E-state index in [9.17, 15) is 4.21 Å². The van der Waals surface area contributed by atoms with Gasteiger partial charge < -0.3 is 5.32 Å². The summed E-state index contributed by atoms with van der Waals surface area (Å²) in [6, 6.07) is 7.98. The second-order valence-corrected chi connectivity index (χ2v) is 6.47. The van der Waals surface area contributed by atoms with Crippen LogP contribution in [0.5, 0.6) is 0 Å². The Kier molecular flexibility index (Phi) is 5.34. The monoisotopic (exact) mass is 253 g/mol. The molecule has 1 atom stereocenters. The fourth-order valence-electron chi connectivity index (χ4n) is 1.85. The summed E-state index contributed by atoms with van der Waals surface area (Å²) in [4.78, 5) is 0.890. The van der Waals surface area contributed by atoms with Crippen LogP contribution in [0.15, 0.2) is 29.2 Å². The molecular weight excluding hydrogens is 230 g/mol. The lowest BCUT2D eigenvalue weighted by Gasteiger charge is -2.26. The second-order valence-electron chi connectivity index (χ2n) is 5.09. The van der Waals surface area contributed by atoms with Crippen LogP contribution >= 0.6 is 0 Å². The number of rotatable bonds is 6. The number of hydrogen-bond donors (Lipinski definition) is 1. The van der Waals surface area contributed by atoms with Crippen LogP contribution in [-0.4, -0.2) is 16.0 Å². The smallest absolute Gasteiger partial charge is 0.0498 e. The van der Waals surface area contributed by atoms with Crippen LogP contribution in [0.4, 0.5) is 0 Å². The summed E-state index contributed by atoms with van der Waals surface area (Å²) in [6.45, 7) is 7.52.